The fraction of sp³-hybridized carbons (Fsp3) is 0.143. The summed E-state index contributed by atoms with van der Waals surface area (Å²) in [5.41, 5.74) is 2.65. The minimum Gasteiger partial charge on any atom is -0.503 e. The third-order valence-electron chi connectivity index (χ3n) is 2.81. The highest BCUT2D eigenvalue weighted by Crippen LogP contribution is 2.35. The molecule has 8 nitrogen and oxygen atoms in total. The number of nitrogens with one attached hydrogen (secondary N) is 2. The van der Waals surface area contributed by atoms with E-state index >= 15 is 0 Å². The average Bonchev–Trinajstić information content (AvgIpc) is 2.50. The molecule has 1 heterocycles. The highest BCUT2D eigenvalue weighted by atomic mass is 79.9. The Balaban J connectivity index is 2.14. The molecule has 0 fully saturated rings. The minimum atomic E-state index is -0.621. The topological polar surface area (TPSA) is 117 Å². The Bertz CT molecular complexity index is 832. The number of phenols is 1. The molecule has 0 aliphatic rings. The maximum atomic E-state index is 11.9. The lowest BCUT2D eigenvalue weighted by Gasteiger charge is -2.06. The van der Waals surface area contributed by atoms with Gasteiger partial charge in [-0.25, -0.2) is 10.2 Å². The number of carbonyl (C=O) groups is 1. The van der Waals surface area contributed by atoms with Gasteiger partial charge in [0.1, 0.15) is 5.69 Å². The Hall–Kier alpha value is -2.68. The van der Waals surface area contributed by atoms with Crippen LogP contribution in [0.4, 0.5) is 0 Å². The summed E-state index contributed by atoms with van der Waals surface area (Å²) < 4.78 is 5.34. The summed E-state index contributed by atoms with van der Waals surface area (Å²) in [5.74, 6) is -0.389. The van der Waals surface area contributed by atoms with Crippen LogP contribution >= 0.6 is 15.9 Å². The molecule has 0 spiro atoms. The monoisotopic (exact) mass is 380 g/mol. The third kappa shape index (κ3) is 3.95. The van der Waals surface area contributed by atoms with E-state index in [4.69, 9.17) is 4.74 Å². The number of hydrazone groups is 1. The van der Waals surface area contributed by atoms with Gasteiger partial charge >= 0.3 is 5.69 Å². The number of amides is 1. The van der Waals surface area contributed by atoms with Crippen LogP contribution in [0, 0.1) is 6.92 Å². The quantitative estimate of drug-likeness (QED) is 0.546. The van der Waals surface area contributed by atoms with E-state index in [1.54, 1.807) is 19.1 Å². The summed E-state index contributed by atoms with van der Waals surface area (Å²) >= 11 is 3.21. The van der Waals surface area contributed by atoms with Crippen molar-refractivity contribution in [1.82, 2.24) is 15.4 Å². The number of aromatic hydroxyl groups is 1. The number of aryl methyl sites for hydroxylation is 1. The Kier molecular flexibility index (Phi) is 5.12. The van der Waals surface area contributed by atoms with Gasteiger partial charge in [-0.15, -0.1) is 0 Å². The Morgan fingerprint density at radius 1 is 1.52 bits per heavy atom. The number of phenolic OH excluding ortho intramolecular Hbond substituents is 1. The zero-order valence-electron chi connectivity index (χ0n) is 12.3. The van der Waals surface area contributed by atoms with Crippen molar-refractivity contribution in [2.75, 3.05) is 7.11 Å². The van der Waals surface area contributed by atoms with Crippen LogP contribution in [0.1, 0.15) is 21.7 Å². The Morgan fingerprint density at radius 3 is 2.91 bits per heavy atom. The number of ether oxygens (including phenoxy) is 1. The van der Waals surface area contributed by atoms with Gasteiger partial charge in [-0.2, -0.15) is 10.1 Å². The summed E-state index contributed by atoms with van der Waals surface area (Å²) in [4.78, 5) is 29.1. The van der Waals surface area contributed by atoms with E-state index in [9.17, 15) is 14.7 Å². The van der Waals surface area contributed by atoms with Crippen LogP contribution < -0.4 is 15.9 Å². The largest absolute Gasteiger partial charge is 0.503 e. The van der Waals surface area contributed by atoms with Gasteiger partial charge in [-0.3, -0.25) is 4.79 Å². The van der Waals surface area contributed by atoms with E-state index in [1.807, 2.05) is 0 Å². The van der Waals surface area contributed by atoms with E-state index < -0.39 is 11.6 Å². The predicted molar refractivity (Wildman–Crippen MR) is 87.0 cm³/mol. The lowest BCUT2D eigenvalue weighted by Crippen LogP contribution is -2.24. The second-order valence-electron chi connectivity index (χ2n) is 4.47. The number of halogens is 1. The number of aromatic amines is 1. The smallest absolute Gasteiger partial charge is 0.345 e. The molecule has 2 aromatic rings. The van der Waals surface area contributed by atoms with Crippen LogP contribution in [0.15, 0.2) is 32.6 Å². The first-order chi connectivity index (χ1) is 10.9. The van der Waals surface area contributed by atoms with Crippen molar-refractivity contribution in [3.63, 3.8) is 0 Å². The zero-order chi connectivity index (χ0) is 17.0. The van der Waals surface area contributed by atoms with E-state index in [-0.39, 0.29) is 11.4 Å². The normalized spacial score (nSPS) is 10.7. The lowest BCUT2D eigenvalue weighted by atomic mass is 10.2. The molecule has 0 bridgehead atoms. The van der Waals surface area contributed by atoms with Gasteiger partial charge in [0.05, 0.1) is 17.8 Å². The summed E-state index contributed by atoms with van der Waals surface area (Å²) in [7, 11) is 1.44. The molecule has 0 aliphatic carbocycles. The van der Waals surface area contributed by atoms with Crippen molar-refractivity contribution in [2.45, 2.75) is 6.92 Å². The fourth-order valence-electron chi connectivity index (χ4n) is 1.74. The van der Waals surface area contributed by atoms with Crippen LogP contribution in [0.25, 0.3) is 0 Å². The van der Waals surface area contributed by atoms with Crippen molar-refractivity contribution in [3.05, 3.63) is 50.1 Å². The number of hydrogen-bond acceptors (Lipinski definition) is 6. The number of methoxy groups -OCH3 is 1. The predicted octanol–water partition coefficient (Wildman–Crippen LogP) is 1.32. The molecule has 120 valence electrons. The molecule has 0 radical (unpaired) electrons. The van der Waals surface area contributed by atoms with Gasteiger partial charge in [0, 0.05) is 11.3 Å². The highest BCUT2D eigenvalue weighted by Gasteiger charge is 2.10. The molecule has 1 amide bonds. The van der Waals surface area contributed by atoms with Crippen molar-refractivity contribution in [1.29, 1.82) is 0 Å². The fourth-order valence-corrected chi connectivity index (χ4v) is 2.17. The first-order valence-electron chi connectivity index (χ1n) is 6.39. The first-order valence-corrected chi connectivity index (χ1v) is 7.18. The molecule has 9 heteroatoms. The SMILES string of the molecule is COc1ccc(/C=N/NC(=O)c2cc(C)[nH]c(=O)n2)c(Br)c1O. The number of H-pyrrole nitrogens is 1. The Morgan fingerprint density at radius 2 is 2.26 bits per heavy atom. The van der Waals surface area contributed by atoms with E-state index in [2.05, 4.69) is 36.4 Å². The standard InChI is InChI=1S/C14H13BrN4O4/c1-7-5-9(18-14(22)17-7)13(21)19-16-6-8-3-4-10(23-2)12(20)11(8)15/h3-6,20H,1-2H3,(H,19,21)(H,17,18,22)/b16-6+. The summed E-state index contributed by atoms with van der Waals surface area (Å²) in [6, 6.07) is 4.64. The summed E-state index contributed by atoms with van der Waals surface area (Å²) in [6.07, 6.45) is 1.33. The average molecular weight is 381 g/mol. The van der Waals surface area contributed by atoms with Crippen LogP contribution in [-0.2, 0) is 0 Å². The van der Waals surface area contributed by atoms with Gasteiger partial charge in [-0.1, -0.05) is 0 Å². The van der Waals surface area contributed by atoms with Crippen LogP contribution in [0.2, 0.25) is 0 Å². The number of rotatable bonds is 4. The van der Waals surface area contributed by atoms with E-state index in [1.165, 1.54) is 19.4 Å². The lowest BCUT2D eigenvalue weighted by molar-refractivity contribution is 0.0949. The van der Waals surface area contributed by atoms with Crippen LogP contribution in [0.3, 0.4) is 0 Å². The molecule has 23 heavy (non-hydrogen) atoms. The molecule has 1 aromatic heterocycles. The molecule has 1 aromatic carbocycles. The van der Waals surface area contributed by atoms with E-state index in [0.717, 1.165) is 0 Å². The molecule has 0 aliphatic heterocycles. The number of aromatic nitrogens is 2. The molecule has 0 atom stereocenters. The maximum absolute atomic E-state index is 11.9. The molecule has 0 unspecified atom stereocenters. The third-order valence-corrected chi connectivity index (χ3v) is 3.64. The van der Waals surface area contributed by atoms with E-state index in [0.29, 0.717) is 21.5 Å². The molecular weight excluding hydrogens is 368 g/mol. The van der Waals surface area contributed by atoms with Gasteiger partial charge in [-0.05, 0) is 41.1 Å². The van der Waals surface area contributed by atoms with Crippen molar-refractivity contribution >= 4 is 28.1 Å². The number of carbonyl (C=O) groups excluding carboxylic acids is 1. The number of benzene rings is 1. The Labute approximate surface area is 139 Å². The second kappa shape index (κ2) is 7.05. The first kappa shape index (κ1) is 16.7. The van der Waals surface area contributed by atoms with Crippen LogP contribution in [-0.4, -0.2) is 34.3 Å². The van der Waals surface area contributed by atoms with Crippen molar-refractivity contribution < 1.29 is 14.6 Å². The van der Waals surface area contributed by atoms with Gasteiger partial charge in [0.2, 0.25) is 0 Å². The van der Waals surface area contributed by atoms with Gasteiger partial charge in [0.25, 0.3) is 5.91 Å². The molecule has 2 rings (SSSR count). The minimum absolute atomic E-state index is 0.0416. The molecule has 0 saturated heterocycles. The van der Waals surface area contributed by atoms with Crippen molar-refractivity contribution in [2.24, 2.45) is 5.10 Å². The maximum Gasteiger partial charge on any atom is 0.345 e. The van der Waals surface area contributed by atoms with Crippen LogP contribution in [0.5, 0.6) is 11.5 Å². The number of hydrogen-bond donors (Lipinski definition) is 3. The second-order valence-corrected chi connectivity index (χ2v) is 5.27. The van der Waals surface area contributed by atoms with Gasteiger partial charge in [0.15, 0.2) is 11.5 Å². The van der Waals surface area contributed by atoms with Gasteiger partial charge < -0.3 is 14.8 Å². The molecular formula is C14H13BrN4O4. The molecule has 3 N–H and O–H groups in total. The zero-order valence-corrected chi connectivity index (χ0v) is 13.8. The van der Waals surface area contributed by atoms with Crippen molar-refractivity contribution in [3.8, 4) is 11.5 Å². The molecule has 0 saturated carbocycles. The number of nitrogens with zero attached hydrogens (tertiary/aromatic N) is 2. The highest BCUT2D eigenvalue weighted by molar-refractivity contribution is 9.10. The summed E-state index contributed by atoms with van der Waals surface area (Å²) in [5, 5.41) is 13.6. The summed E-state index contributed by atoms with van der Waals surface area (Å²) in [6.45, 7) is 1.64.